The highest BCUT2D eigenvalue weighted by Crippen LogP contribution is 2.31. The van der Waals surface area contributed by atoms with Gasteiger partial charge in [-0.15, -0.1) is 11.3 Å². The Morgan fingerprint density at radius 1 is 1.32 bits per heavy atom. The van der Waals surface area contributed by atoms with Gasteiger partial charge in [0, 0.05) is 4.88 Å². The van der Waals surface area contributed by atoms with Crippen LogP contribution in [0.4, 0.5) is 5.00 Å². The van der Waals surface area contributed by atoms with Crippen molar-refractivity contribution in [1.82, 2.24) is 0 Å². The van der Waals surface area contributed by atoms with Crippen molar-refractivity contribution in [1.29, 1.82) is 0 Å². The third-order valence-corrected chi connectivity index (χ3v) is 5.31. The number of carbonyl (C=O) groups is 2. The van der Waals surface area contributed by atoms with Gasteiger partial charge in [-0.1, -0.05) is 25.1 Å². The number of ether oxygens (including phenoxy) is 2. The van der Waals surface area contributed by atoms with Gasteiger partial charge in [0.25, 0.3) is 0 Å². The molecule has 25 heavy (non-hydrogen) atoms. The van der Waals surface area contributed by atoms with E-state index < -0.39 is 5.97 Å². The highest BCUT2D eigenvalue weighted by Gasteiger charge is 2.27. The third-order valence-electron chi connectivity index (χ3n) is 4.11. The number of nitrogens with one attached hydrogen (secondary N) is 1. The SMILES string of the molecule is CCOC(=O)c1cc(CC)sc1NC(=O)C1COc2ccccc2C1. The number of rotatable bonds is 5. The molecule has 0 radical (unpaired) electrons. The van der Waals surface area contributed by atoms with Crippen LogP contribution >= 0.6 is 11.3 Å². The smallest absolute Gasteiger partial charge is 0.341 e. The fourth-order valence-corrected chi connectivity index (χ4v) is 3.77. The highest BCUT2D eigenvalue weighted by molar-refractivity contribution is 7.16. The number of benzene rings is 1. The van der Waals surface area contributed by atoms with E-state index in [4.69, 9.17) is 9.47 Å². The molecule has 0 aliphatic carbocycles. The monoisotopic (exact) mass is 359 g/mol. The summed E-state index contributed by atoms with van der Waals surface area (Å²) in [5, 5.41) is 3.46. The first-order valence-electron chi connectivity index (χ1n) is 8.43. The van der Waals surface area contributed by atoms with Crippen LogP contribution in [-0.4, -0.2) is 25.1 Å². The first-order valence-corrected chi connectivity index (χ1v) is 9.25. The summed E-state index contributed by atoms with van der Waals surface area (Å²) in [7, 11) is 0. The molecule has 0 spiro atoms. The quantitative estimate of drug-likeness (QED) is 0.827. The second kappa shape index (κ2) is 7.70. The van der Waals surface area contributed by atoms with E-state index in [1.165, 1.54) is 11.3 Å². The Bertz CT molecular complexity index is 783. The van der Waals surface area contributed by atoms with Gasteiger partial charge >= 0.3 is 5.97 Å². The van der Waals surface area contributed by atoms with E-state index >= 15 is 0 Å². The summed E-state index contributed by atoms with van der Waals surface area (Å²) in [5.41, 5.74) is 1.45. The van der Waals surface area contributed by atoms with Gasteiger partial charge in [0.15, 0.2) is 0 Å². The molecule has 0 saturated carbocycles. The Kier molecular flexibility index (Phi) is 5.38. The molecule has 3 rings (SSSR count). The Morgan fingerprint density at radius 3 is 2.88 bits per heavy atom. The molecule has 1 atom stereocenters. The second-order valence-corrected chi connectivity index (χ2v) is 6.98. The van der Waals surface area contributed by atoms with E-state index in [0.717, 1.165) is 22.6 Å². The summed E-state index contributed by atoms with van der Waals surface area (Å²) in [4.78, 5) is 25.8. The Morgan fingerprint density at radius 2 is 2.12 bits per heavy atom. The van der Waals surface area contributed by atoms with Gasteiger partial charge in [0.1, 0.15) is 17.4 Å². The Labute approximate surface area is 151 Å². The second-order valence-electron chi connectivity index (χ2n) is 5.84. The van der Waals surface area contributed by atoms with Crippen molar-refractivity contribution in [2.75, 3.05) is 18.5 Å². The maximum Gasteiger partial charge on any atom is 0.341 e. The third kappa shape index (κ3) is 3.85. The van der Waals surface area contributed by atoms with Crippen LogP contribution in [0.15, 0.2) is 30.3 Å². The summed E-state index contributed by atoms with van der Waals surface area (Å²) in [6.07, 6.45) is 1.43. The van der Waals surface area contributed by atoms with Gasteiger partial charge in [-0.25, -0.2) is 4.79 Å². The van der Waals surface area contributed by atoms with Crippen LogP contribution in [0.3, 0.4) is 0 Å². The molecule has 2 heterocycles. The normalized spacial score (nSPS) is 15.8. The van der Waals surface area contributed by atoms with Crippen LogP contribution in [0.5, 0.6) is 5.75 Å². The van der Waals surface area contributed by atoms with Gasteiger partial charge in [-0.05, 0) is 37.5 Å². The number of hydrogen-bond donors (Lipinski definition) is 1. The minimum atomic E-state index is -0.404. The van der Waals surface area contributed by atoms with E-state index in [2.05, 4.69) is 5.32 Å². The molecule has 1 aliphatic rings. The molecule has 2 aromatic rings. The number of aryl methyl sites for hydroxylation is 1. The van der Waals surface area contributed by atoms with Crippen LogP contribution in [0, 0.1) is 5.92 Å². The molecule has 1 aromatic heterocycles. The number of esters is 1. The minimum absolute atomic E-state index is 0.135. The maximum absolute atomic E-state index is 12.7. The van der Waals surface area contributed by atoms with Crippen LogP contribution in [0.25, 0.3) is 0 Å². The Balaban J connectivity index is 1.75. The summed E-state index contributed by atoms with van der Waals surface area (Å²) >= 11 is 1.42. The van der Waals surface area contributed by atoms with Crippen molar-refractivity contribution in [2.45, 2.75) is 26.7 Å². The van der Waals surface area contributed by atoms with Gasteiger partial charge in [-0.3, -0.25) is 4.79 Å². The van der Waals surface area contributed by atoms with Crippen molar-refractivity contribution >= 4 is 28.2 Å². The molecule has 5 nitrogen and oxygen atoms in total. The Hall–Kier alpha value is -2.34. The average molecular weight is 359 g/mol. The molecule has 1 N–H and O–H groups in total. The zero-order valence-electron chi connectivity index (χ0n) is 14.3. The number of hydrogen-bond acceptors (Lipinski definition) is 5. The molecule has 1 aliphatic heterocycles. The molecular formula is C19H21NO4S. The van der Waals surface area contributed by atoms with Crippen molar-refractivity contribution in [3.05, 3.63) is 46.3 Å². The summed E-state index contributed by atoms with van der Waals surface area (Å²) < 4.78 is 10.8. The molecular weight excluding hydrogens is 338 g/mol. The molecule has 132 valence electrons. The standard InChI is InChI=1S/C19H21NO4S/c1-3-14-10-15(19(22)23-4-2)18(25-14)20-17(21)13-9-12-7-5-6-8-16(12)24-11-13/h5-8,10,13H,3-4,9,11H2,1-2H3,(H,20,21). The lowest BCUT2D eigenvalue weighted by Crippen LogP contribution is -2.32. The van der Waals surface area contributed by atoms with Gasteiger partial charge in [0.05, 0.1) is 18.1 Å². The first kappa shape index (κ1) is 17.5. The van der Waals surface area contributed by atoms with Gasteiger partial charge in [0.2, 0.25) is 5.91 Å². The van der Waals surface area contributed by atoms with Gasteiger partial charge < -0.3 is 14.8 Å². The molecule has 1 unspecified atom stereocenters. The summed E-state index contributed by atoms with van der Waals surface area (Å²) in [5.74, 6) is 0.0174. The first-order chi connectivity index (χ1) is 12.1. The fraction of sp³-hybridized carbons (Fsp3) is 0.368. The molecule has 6 heteroatoms. The van der Waals surface area contributed by atoms with Crippen LogP contribution < -0.4 is 10.1 Å². The van der Waals surface area contributed by atoms with Crippen LogP contribution in [0.2, 0.25) is 0 Å². The number of carbonyl (C=O) groups excluding carboxylic acids is 2. The van der Waals surface area contributed by atoms with E-state index in [9.17, 15) is 9.59 Å². The number of thiophene rings is 1. The molecule has 0 saturated heterocycles. The van der Waals surface area contributed by atoms with E-state index in [1.807, 2.05) is 31.2 Å². The van der Waals surface area contributed by atoms with E-state index in [-0.39, 0.29) is 11.8 Å². The summed E-state index contributed by atoms with van der Waals surface area (Å²) in [6.45, 7) is 4.42. The highest BCUT2D eigenvalue weighted by atomic mass is 32.1. The fourth-order valence-electron chi connectivity index (χ4n) is 2.78. The van der Waals surface area contributed by atoms with Crippen molar-refractivity contribution in [3.8, 4) is 5.75 Å². The maximum atomic E-state index is 12.7. The molecule has 1 amide bonds. The lowest BCUT2D eigenvalue weighted by Gasteiger charge is -2.24. The lowest BCUT2D eigenvalue weighted by atomic mass is 9.96. The summed E-state index contributed by atoms with van der Waals surface area (Å²) in [6, 6.07) is 9.54. The average Bonchev–Trinajstić information content (AvgIpc) is 3.04. The van der Waals surface area contributed by atoms with E-state index in [1.54, 1.807) is 13.0 Å². The zero-order valence-corrected chi connectivity index (χ0v) is 15.2. The lowest BCUT2D eigenvalue weighted by molar-refractivity contribution is -0.121. The van der Waals surface area contributed by atoms with E-state index in [0.29, 0.717) is 30.2 Å². The minimum Gasteiger partial charge on any atom is -0.492 e. The number of para-hydroxylation sites is 1. The number of amides is 1. The van der Waals surface area contributed by atoms with Crippen molar-refractivity contribution < 1.29 is 19.1 Å². The predicted octanol–water partition coefficient (Wildman–Crippen LogP) is 3.68. The van der Waals surface area contributed by atoms with Crippen LogP contribution in [0.1, 0.15) is 34.6 Å². The topological polar surface area (TPSA) is 64.6 Å². The van der Waals surface area contributed by atoms with Gasteiger partial charge in [-0.2, -0.15) is 0 Å². The molecule has 0 bridgehead atoms. The largest absolute Gasteiger partial charge is 0.492 e. The van der Waals surface area contributed by atoms with Crippen LogP contribution in [-0.2, 0) is 22.4 Å². The number of fused-ring (bicyclic) bond motifs is 1. The zero-order chi connectivity index (χ0) is 17.8. The molecule has 0 fully saturated rings. The van der Waals surface area contributed by atoms with Crippen molar-refractivity contribution in [2.24, 2.45) is 5.92 Å². The predicted molar refractivity (Wildman–Crippen MR) is 97.4 cm³/mol. The number of anilines is 1. The van der Waals surface area contributed by atoms with Crippen molar-refractivity contribution in [3.63, 3.8) is 0 Å². The molecule has 1 aromatic carbocycles.